The molecule has 1 aliphatic heterocycles. The van der Waals surface area contributed by atoms with Crippen LogP contribution in [0.1, 0.15) is 21.6 Å². The molecule has 2 aromatic heterocycles. The quantitative estimate of drug-likeness (QED) is 0.406. The van der Waals surface area contributed by atoms with Crippen molar-refractivity contribution in [2.75, 3.05) is 20.1 Å². The van der Waals surface area contributed by atoms with E-state index in [0.717, 1.165) is 52.1 Å². The first-order valence-electron chi connectivity index (χ1n) is 11.8. The number of benzene rings is 3. The Hall–Kier alpha value is -4.49. The molecule has 3 N–H and O–H groups in total. The number of aromatic nitrogens is 3. The van der Waals surface area contributed by atoms with Crippen LogP contribution in [0.25, 0.3) is 44.2 Å². The molecule has 36 heavy (non-hydrogen) atoms. The van der Waals surface area contributed by atoms with Crippen molar-refractivity contribution in [1.82, 2.24) is 19.4 Å². The van der Waals surface area contributed by atoms with Gasteiger partial charge in [0, 0.05) is 24.2 Å². The van der Waals surface area contributed by atoms with Gasteiger partial charge in [0.1, 0.15) is 6.33 Å². The van der Waals surface area contributed by atoms with E-state index in [1.807, 2.05) is 49.4 Å². The van der Waals surface area contributed by atoms with Crippen molar-refractivity contribution in [1.29, 1.82) is 0 Å². The molecule has 3 aromatic carbocycles. The van der Waals surface area contributed by atoms with Crippen LogP contribution < -0.4 is 11.3 Å². The number of carbonyl (C=O) groups is 1. The summed E-state index contributed by atoms with van der Waals surface area (Å²) in [6.45, 7) is 3.72. The second-order valence-electron chi connectivity index (χ2n) is 9.31. The maximum absolute atomic E-state index is 13.3. The molecule has 178 valence electrons. The predicted molar refractivity (Wildman–Crippen MR) is 143 cm³/mol. The van der Waals surface area contributed by atoms with E-state index in [0.29, 0.717) is 16.5 Å². The van der Waals surface area contributed by atoms with E-state index in [9.17, 15) is 9.59 Å². The Kier molecular flexibility index (Phi) is 5.09. The zero-order chi connectivity index (χ0) is 25.0. The van der Waals surface area contributed by atoms with Gasteiger partial charge in [0.15, 0.2) is 0 Å². The van der Waals surface area contributed by atoms with E-state index >= 15 is 0 Å². The monoisotopic (exact) mass is 475 g/mol. The Bertz CT molecular complexity index is 1780. The molecule has 0 unspecified atom stereocenters. The fourth-order valence-corrected chi connectivity index (χ4v) is 5.13. The minimum atomic E-state index is -0.475. The molecule has 6 rings (SSSR count). The number of aromatic amines is 1. The topological polar surface area (TPSA) is 97.0 Å². The highest BCUT2D eigenvalue weighted by atomic mass is 16.1. The van der Waals surface area contributed by atoms with Gasteiger partial charge in [-0.05, 0) is 66.6 Å². The number of likely N-dealkylation sites (N-methyl/N-ethyl adjacent to an activating group) is 1. The smallest absolute Gasteiger partial charge is 0.265 e. The number of carbonyl (C=O) groups excluding carboxylic acids is 1. The van der Waals surface area contributed by atoms with Crippen molar-refractivity contribution < 1.29 is 4.79 Å². The largest absolute Gasteiger partial charge is 0.366 e. The van der Waals surface area contributed by atoms with Gasteiger partial charge in [0.05, 0.1) is 27.7 Å². The highest BCUT2D eigenvalue weighted by Gasteiger charge is 2.20. The van der Waals surface area contributed by atoms with Crippen molar-refractivity contribution in [2.45, 2.75) is 6.92 Å². The molecule has 1 amide bonds. The Labute approximate surface area is 207 Å². The molecule has 7 nitrogen and oxygen atoms in total. The summed E-state index contributed by atoms with van der Waals surface area (Å²) in [5.74, 6) is -0.475. The van der Waals surface area contributed by atoms with E-state index in [-0.39, 0.29) is 5.56 Å². The first-order chi connectivity index (χ1) is 17.4. The average Bonchev–Trinajstić information content (AvgIpc) is 3.51. The zero-order valence-electron chi connectivity index (χ0n) is 20.1. The van der Waals surface area contributed by atoms with Gasteiger partial charge in [-0.15, -0.1) is 0 Å². The lowest BCUT2D eigenvalue weighted by atomic mass is 9.94. The Balaban J connectivity index is 1.56. The molecule has 0 saturated carbocycles. The van der Waals surface area contributed by atoms with Crippen molar-refractivity contribution in [3.05, 3.63) is 100 Å². The maximum atomic E-state index is 13.3. The Morgan fingerprint density at radius 2 is 1.86 bits per heavy atom. The van der Waals surface area contributed by atoms with E-state index in [2.05, 4.69) is 34.1 Å². The average molecular weight is 476 g/mol. The van der Waals surface area contributed by atoms with E-state index in [1.165, 1.54) is 5.57 Å². The van der Waals surface area contributed by atoms with Crippen LogP contribution in [0.4, 0.5) is 0 Å². The Morgan fingerprint density at radius 3 is 2.64 bits per heavy atom. The third kappa shape index (κ3) is 3.44. The van der Waals surface area contributed by atoms with Gasteiger partial charge in [-0.1, -0.05) is 36.4 Å². The second-order valence-corrected chi connectivity index (χ2v) is 9.31. The SMILES string of the molecule is Cc1c(-c2ccc(C(N)=O)c3[nH]c(C4=CCN(C)C4)cc23)cccc1-n1cnc2ccccc2c1=O. The van der Waals surface area contributed by atoms with E-state index in [1.54, 1.807) is 23.0 Å². The fraction of sp³-hybridized carbons (Fsp3) is 0.138. The Morgan fingerprint density at radius 1 is 1.03 bits per heavy atom. The first kappa shape index (κ1) is 22.0. The molecular formula is C29H25N5O2. The minimum absolute atomic E-state index is 0.115. The van der Waals surface area contributed by atoms with Crippen LogP contribution in [-0.2, 0) is 0 Å². The van der Waals surface area contributed by atoms with Crippen LogP contribution >= 0.6 is 0 Å². The van der Waals surface area contributed by atoms with E-state index in [4.69, 9.17) is 5.73 Å². The summed E-state index contributed by atoms with van der Waals surface area (Å²) >= 11 is 0. The normalized spacial score (nSPS) is 14.0. The molecule has 0 radical (unpaired) electrons. The highest BCUT2D eigenvalue weighted by Crippen LogP contribution is 2.36. The molecule has 3 heterocycles. The van der Waals surface area contributed by atoms with Crippen molar-refractivity contribution in [3.63, 3.8) is 0 Å². The number of hydrogen-bond donors (Lipinski definition) is 2. The summed E-state index contributed by atoms with van der Waals surface area (Å²) in [4.78, 5) is 35.7. The molecule has 1 aliphatic rings. The number of nitrogens with one attached hydrogen (secondary N) is 1. The number of primary amides is 1. The van der Waals surface area contributed by atoms with E-state index < -0.39 is 5.91 Å². The second kappa shape index (κ2) is 8.32. The van der Waals surface area contributed by atoms with Gasteiger partial charge in [-0.2, -0.15) is 0 Å². The van der Waals surface area contributed by atoms with Crippen molar-refractivity contribution in [2.24, 2.45) is 5.73 Å². The zero-order valence-corrected chi connectivity index (χ0v) is 20.1. The van der Waals surface area contributed by atoms with Crippen LogP contribution in [0.5, 0.6) is 0 Å². The molecular weight excluding hydrogens is 450 g/mol. The predicted octanol–water partition coefficient (Wildman–Crippen LogP) is 4.27. The third-order valence-corrected chi connectivity index (χ3v) is 7.02. The molecule has 0 spiro atoms. The third-order valence-electron chi connectivity index (χ3n) is 7.02. The number of fused-ring (bicyclic) bond motifs is 2. The maximum Gasteiger partial charge on any atom is 0.265 e. The van der Waals surface area contributed by atoms with Gasteiger partial charge in [0.2, 0.25) is 0 Å². The number of hydrogen-bond acceptors (Lipinski definition) is 4. The van der Waals surface area contributed by atoms with Crippen LogP contribution in [-0.4, -0.2) is 45.5 Å². The number of amides is 1. The van der Waals surface area contributed by atoms with Crippen LogP contribution in [0.15, 0.2) is 77.9 Å². The number of H-pyrrole nitrogens is 1. The highest BCUT2D eigenvalue weighted by molar-refractivity contribution is 6.10. The fourth-order valence-electron chi connectivity index (χ4n) is 5.13. The summed E-state index contributed by atoms with van der Waals surface area (Å²) in [5.41, 5.74) is 13.3. The molecule has 0 saturated heterocycles. The number of rotatable bonds is 4. The van der Waals surface area contributed by atoms with Gasteiger partial charge in [-0.25, -0.2) is 4.98 Å². The van der Waals surface area contributed by atoms with Gasteiger partial charge in [-0.3, -0.25) is 19.1 Å². The molecule has 0 aliphatic carbocycles. The molecule has 0 atom stereocenters. The lowest BCUT2D eigenvalue weighted by Gasteiger charge is -2.15. The molecule has 0 bridgehead atoms. The summed E-state index contributed by atoms with van der Waals surface area (Å²) in [5, 5.41) is 1.49. The van der Waals surface area contributed by atoms with Crippen molar-refractivity contribution in [3.8, 4) is 16.8 Å². The molecule has 5 aromatic rings. The minimum Gasteiger partial charge on any atom is -0.366 e. The standard InChI is InChI=1S/C29H25N5O2/c1-17-19(7-5-9-26(17)34-16-31-24-8-4-3-6-21(24)29(34)36)20-10-11-22(28(30)35)27-23(20)14-25(32-27)18-12-13-33(2)15-18/h3-12,14,16,32H,13,15H2,1-2H3,(H2,30,35). The van der Waals surface area contributed by atoms with Gasteiger partial charge < -0.3 is 10.7 Å². The summed E-state index contributed by atoms with van der Waals surface area (Å²) in [7, 11) is 2.07. The van der Waals surface area contributed by atoms with Crippen LogP contribution in [0.3, 0.4) is 0 Å². The lowest BCUT2D eigenvalue weighted by molar-refractivity contribution is 0.100. The lowest BCUT2D eigenvalue weighted by Crippen LogP contribution is -2.19. The molecule has 0 fully saturated rings. The summed E-state index contributed by atoms with van der Waals surface area (Å²) < 4.78 is 1.60. The van der Waals surface area contributed by atoms with Crippen molar-refractivity contribution >= 4 is 33.3 Å². The first-order valence-corrected chi connectivity index (χ1v) is 11.8. The summed E-state index contributed by atoms with van der Waals surface area (Å²) in [6, 6.07) is 19.0. The van der Waals surface area contributed by atoms with Gasteiger partial charge >= 0.3 is 0 Å². The number of para-hydroxylation sites is 1. The van der Waals surface area contributed by atoms with Crippen LogP contribution in [0.2, 0.25) is 0 Å². The molecule has 7 heteroatoms. The number of nitrogens with two attached hydrogens (primary N) is 1. The van der Waals surface area contributed by atoms with Gasteiger partial charge in [0.25, 0.3) is 11.5 Å². The van der Waals surface area contributed by atoms with Crippen LogP contribution in [0, 0.1) is 6.92 Å². The number of nitrogens with zero attached hydrogens (tertiary/aromatic N) is 3. The summed E-state index contributed by atoms with van der Waals surface area (Å²) in [6.07, 6.45) is 3.78.